The average molecular weight is 478 g/mol. The Morgan fingerprint density at radius 2 is 1.82 bits per heavy atom. The van der Waals surface area contributed by atoms with Crippen molar-refractivity contribution in [3.63, 3.8) is 0 Å². The number of amides is 1. The van der Waals surface area contributed by atoms with Crippen molar-refractivity contribution in [2.24, 2.45) is 5.92 Å². The third-order valence-electron chi connectivity index (χ3n) is 6.26. The van der Waals surface area contributed by atoms with Crippen molar-refractivity contribution in [1.82, 2.24) is 25.1 Å². The van der Waals surface area contributed by atoms with E-state index in [1.807, 2.05) is 12.1 Å². The van der Waals surface area contributed by atoms with Crippen LogP contribution in [-0.2, 0) is 11.6 Å². The summed E-state index contributed by atoms with van der Waals surface area (Å²) >= 11 is 6.04. The fourth-order valence-corrected chi connectivity index (χ4v) is 4.42. The summed E-state index contributed by atoms with van der Waals surface area (Å²) in [6.07, 6.45) is 2.56. The molecule has 1 N–H and O–H groups in total. The first-order chi connectivity index (χ1) is 15.7. The van der Waals surface area contributed by atoms with Crippen LogP contribution in [0.15, 0.2) is 48.9 Å². The molecule has 3 aromatic rings. The lowest BCUT2D eigenvalue weighted by Crippen LogP contribution is -2.43. The van der Waals surface area contributed by atoms with Crippen molar-refractivity contribution in [3.05, 3.63) is 70.8 Å². The quantitative estimate of drug-likeness (QED) is 0.547. The van der Waals surface area contributed by atoms with E-state index in [9.17, 15) is 18.0 Å². The summed E-state index contributed by atoms with van der Waals surface area (Å²) in [5.41, 5.74) is -1.19. The normalized spacial score (nSPS) is 21.1. The van der Waals surface area contributed by atoms with Crippen molar-refractivity contribution in [1.29, 1.82) is 0 Å². The van der Waals surface area contributed by atoms with Crippen LogP contribution in [0.5, 0.6) is 0 Å². The van der Waals surface area contributed by atoms with Gasteiger partial charge >= 0.3 is 6.18 Å². The number of nitrogens with one attached hydrogen (secondary N) is 1. The summed E-state index contributed by atoms with van der Waals surface area (Å²) < 4.78 is 41.8. The molecule has 0 bridgehead atoms. The molecule has 0 radical (unpaired) electrons. The number of benzene rings is 1. The molecule has 0 aliphatic heterocycles. The molecule has 0 spiro atoms. The van der Waals surface area contributed by atoms with E-state index in [2.05, 4.69) is 27.3 Å². The molecule has 10 heteroatoms. The molecule has 0 unspecified atom stereocenters. The number of aromatic nitrogens is 4. The van der Waals surface area contributed by atoms with Gasteiger partial charge in [0.2, 0.25) is 5.95 Å². The Morgan fingerprint density at radius 1 is 1.18 bits per heavy atom. The maximum atomic E-state index is 13.6. The van der Waals surface area contributed by atoms with Crippen molar-refractivity contribution >= 4 is 17.5 Å². The first-order valence-electron chi connectivity index (χ1n) is 10.7. The highest BCUT2D eigenvalue weighted by molar-refractivity contribution is 6.30. The van der Waals surface area contributed by atoms with Crippen LogP contribution in [0.3, 0.4) is 0 Å². The number of hydrogen-bond acceptors (Lipinski definition) is 4. The van der Waals surface area contributed by atoms with Crippen LogP contribution >= 0.6 is 11.6 Å². The van der Waals surface area contributed by atoms with E-state index in [0.717, 1.165) is 42.1 Å². The maximum absolute atomic E-state index is 13.6. The monoisotopic (exact) mass is 477 g/mol. The van der Waals surface area contributed by atoms with E-state index in [1.54, 1.807) is 12.1 Å². The second-order valence-corrected chi connectivity index (χ2v) is 8.97. The van der Waals surface area contributed by atoms with Crippen molar-refractivity contribution in [3.8, 4) is 5.95 Å². The average Bonchev–Trinajstić information content (AvgIpc) is 3.26. The lowest BCUT2D eigenvalue weighted by atomic mass is 9.67. The van der Waals surface area contributed by atoms with Crippen molar-refractivity contribution in [2.45, 2.75) is 44.2 Å². The molecular weight excluding hydrogens is 455 g/mol. The molecule has 1 aliphatic carbocycles. The SMILES string of the molecule is CC1CCC(CNC(=O)c2cn(-c3ncccn3)nc2C(F)(F)F)(c2ccc(Cl)cc2)CC1. The Morgan fingerprint density at radius 3 is 2.42 bits per heavy atom. The minimum atomic E-state index is -4.80. The van der Waals surface area contributed by atoms with E-state index in [1.165, 1.54) is 18.5 Å². The number of alkyl halides is 3. The van der Waals surface area contributed by atoms with Gasteiger partial charge in [-0.15, -0.1) is 0 Å². The summed E-state index contributed by atoms with van der Waals surface area (Å²) in [6.45, 7) is 2.39. The van der Waals surface area contributed by atoms with Crippen molar-refractivity contribution < 1.29 is 18.0 Å². The lowest BCUT2D eigenvalue weighted by molar-refractivity contribution is -0.141. The smallest absolute Gasteiger partial charge is 0.351 e. The zero-order chi connectivity index (χ0) is 23.6. The molecule has 174 valence electrons. The number of hydrogen-bond donors (Lipinski definition) is 1. The largest absolute Gasteiger partial charge is 0.435 e. The summed E-state index contributed by atoms with van der Waals surface area (Å²) in [7, 11) is 0. The second kappa shape index (κ2) is 9.13. The molecule has 1 aliphatic rings. The predicted octanol–water partition coefficient (Wildman–Crippen LogP) is 5.21. The molecule has 1 aromatic carbocycles. The molecule has 0 saturated heterocycles. The van der Waals surface area contributed by atoms with Crippen LogP contribution in [0.4, 0.5) is 13.2 Å². The van der Waals surface area contributed by atoms with Crippen LogP contribution in [0.2, 0.25) is 5.02 Å². The van der Waals surface area contributed by atoms with Gasteiger partial charge in [0.25, 0.3) is 5.91 Å². The summed E-state index contributed by atoms with van der Waals surface area (Å²) in [6, 6.07) is 8.98. The van der Waals surface area contributed by atoms with E-state index >= 15 is 0 Å². The first-order valence-corrected chi connectivity index (χ1v) is 11.0. The van der Waals surface area contributed by atoms with Crippen LogP contribution in [0.25, 0.3) is 5.95 Å². The van der Waals surface area contributed by atoms with Gasteiger partial charge in [-0.2, -0.15) is 18.3 Å². The predicted molar refractivity (Wildman–Crippen MR) is 117 cm³/mol. The summed E-state index contributed by atoms with van der Waals surface area (Å²) in [4.78, 5) is 20.8. The Hall–Kier alpha value is -2.94. The number of carbonyl (C=O) groups excluding carboxylic acids is 1. The second-order valence-electron chi connectivity index (χ2n) is 8.53. The van der Waals surface area contributed by atoms with E-state index < -0.39 is 23.3 Å². The highest BCUT2D eigenvalue weighted by Crippen LogP contribution is 2.41. The highest BCUT2D eigenvalue weighted by atomic mass is 35.5. The third-order valence-corrected chi connectivity index (χ3v) is 6.51. The Labute approximate surface area is 194 Å². The maximum Gasteiger partial charge on any atom is 0.435 e. The van der Waals surface area contributed by atoms with Crippen LogP contribution in [0.1, 0.15) is 54.2 Å². The third kappa shape index (κ3) is 5.03. The Kier molecular flexibility index (Phi) is 6.43. The fraction of sp³-hybridized carbons (Fsp3) is 0.391. The first kappa shape index (κ1) is 23.2. The van der Waals surface area contributed by atoms with E-state index in [-0.39, 0.29) is 17.9 Å². The van der Waals surface area contributed by atoms with Crippen LogP contribution in [-0.4, -0.2) is 32.2 Å². The minimum absolute atomic E-state index is 0.0547. The van der Waals surface area contributed by atoms with E-state index in [0.29, 0.717) is 10.9 Å². The zero-order valence-corrected chi connectivity index (χ0v) is 18.7. The molecule has 6 nitrogen and oxygen atoms in total. The van der Waals surface area contributed by atoms with Crippen LogP contribution < -0.4 is 5.32 Å². The molecule has 0 atom stereocenters. The van der Waals surface area contributed by atoms with Gasteiger partial charge in [0, 0.05) is 35.6 Å². The van der Waals surface area contributed by atoms with Gasteiger partial charge in [0.05, 0.1) is 5.56 Å². The molecule has 2 heterocycles. The number of carbonyl (C=O) groups is 1. The molecular formula is C23H23ClF3N5O. The van der Waals surface area contributed by atoms with Gasteiger partial charge in [0.15, 0.2) is 5.69 Å². The number of halogens is 4. The van der Waals surface area contributed by atoms with Gasteiger partial charge in [-0.1, -0.05) is 30.7 Å². The Balaban J connectivity index is 1.61. The van der Waals surface area contributed by atoms with Gasteiger partial charge < -0.3 is 5.32 Å². The van der Waals surface area contributed by atoms with E-state index in [4.69, 9.17) is 11.6 Å². The highest BCUT2D eigenvalue weighted by Gasteiger charge is 2.41. The molecule has 4 rings (SSSR count). The van der Waals surface area contributed by atoms with Crippen molar-refractivity contribution in [2.75, 3.05) is 6.54 Å². The standard InChI is InChI=1S/C23H23ClF3N5O/c1-15-7-9-22(10-8-15,16-3-5-17(24)6-4-16)14-30-20(33)18-13-32(21-28-11-2-12-29-21)31-19(18)23(25,26)27/h2-6,11-13,15H,7-10,14H2,1H3,(H,30,33). The number of nitrogens with zero attached hydrogens (tertiary/aromatic N) is 4. The topological polar surface area (TPSA) is 72.7 Å². The Bertz CT molecular complexity index is 1110. The van der Waals surface area contributed by atoms with Gasteiger partial charge in [-0.05, 0) is 55.4 Å². The van der Waals surface area contributed by atoms with Gasteiger partial charge in [-0.3, -0.25) is 4.79 Å². The van der Waals surface area contributed by atoms with Crippen LogP contribution in [0, 0.1) is 5.92 Å². The fourth-order valence-electron chi connectivity index (χ4n) is 4.29. The molecule has 1 fully saturated rings. The lowest BCUT2D eigenvalue weighted by Gasteiger charge is -2.40. The molecule has 1 amide bonds. The summed E-state index contributed by atoms with van der Waals surface area (Å²) in [5.74, 6) is -0.334. The van der Waals surface area contributed by atoms with Gasteiger partial charge in [0.1, 0.15) is 0 Å². The minimum Gasteiger partial charge on any atom is -0.351 e. The molecule has 1 saturated carbocycles. The molecule has 2 aromatic heterocycles. The van der Waals surface area contributed by atoms with Gasteiger partial charge in [-0.25, -0.2) is 14.6 Å². The zero-order valence-electron chi connectivity index (χ0n) is 17.9. The molecule has 33 heavy (non-hydrogen) atoms. The summed E-state index contributed by atoms with van der Waals surface area (Å²) in [5, 5.41) is 6.91. The number of rotatable bonds is 5.